The number of hydrogen-bond donors (Lipinski definition) is 2. The summed E-state index contributed by atoms with van der Waals surface area (Å²) in [6.07, 6.45) is 6.82. The molecule has 31 heavy (non-hydrogen) atoms. The molecule has 166 valence electrons. The normalized spacial score (nSPS) is 21.6. The lowest BCUT2D eigenvalue weighted by Gasteiger charge is -2.35. The highest BCUT2D eigenvalue weighted by molar-refractivity contribution is 6.03. The van der Waals surface area contributed by atoms with Crippen LogP contribution in [0.2, 0.25) is 0 Å². The fraction of sp³-hybridized carbons (Fsp3) is 0.522. The number of halogens is 2. The van der Waals surface area contributed by atoms with Gasteiger partial charge in [-0.1, -0.05) is 6.42 Å². The summed E-state index contributed by atoms with van der Waals surface area (Å²) < 4.78 is 28.0. The Morgan fingerprint density at radius 2 is 2.10 bits per heavy atom. The van der Waals surface area contributed by atoms with Crippen molar-refractivity contribution in [3.05, 3.63) is 42.1 Å². The molecule has 0 aromatic carbocycles. The van der Waals surface area contributed by atoms with Crippen molar-refractivity contribution in [2.45, 2.75) is 57.5 Å². The molecule has 0 saturated heterocycles. The smallest absolute Gasteiger partial charge is 0.327 e. The molecule has 4 rings (SSSR count). The van der Waals surface area contributed by atoms with Gasteiger partial charge in [-0.2, -0.15) is 0 Å². The second-order valence-electron chi connectivity index (χ2n) is 8.99. The maximum atomic E-state index is 14.6. The quantitative estimate of drug-likeness (QED) is 0.677. The van der Waals surface area contributed by atoms with E-state index in [2.05, 4.69) is 15.6 Å². The molecule has 2 amide bonds. The number of carbonyl (C=O) groups is 1. The van der Waals surface area contributed by atoms with Crippen LogP contribution in [-0.4, -0.2) is 34.8 Å². The number of nitrogens with zero attached hydrogens (tertiary/aromatic N) is 3. The van der Waals surface area contributed by atoms with Crippen LogP contribution in [0.3, 0.4) is 0 Å². The fourth-order valence-corrected chi connectivity index (χ4v) is 4.55. The van der Waals surface area contributed by atoms with Gasteiger partial charge in [0.2, 0.25) is 0 Å². The average molecular weight is 430 g/mol. The minimum absolute atomic E-state index is 0.00450. The van der Waals surface area contributed by atoms with Crippen molar-refractivity contribution in [2.75, 3.05) is 28.6 Å². The van der Waals surface area contributed by atoms with Gasteiger partial charge in [0, 0.05) is 30.8 Å². The lowest BCUT2D eigenvalue weighted by Crippen LogP contribution is -2.36. The van der Waals surface area contributed by atoms with Gasteiger partial charge in [0.25, 0.3) is 0 Å². The molecule has 8 heteroatoms. The summed E-state index contributed by atoms with van der Waals surface area (Å²) >= 11 is 0. The summed E-state index contributed by atoms with van der Waals surface area (Å²) in [6.45, 7) is 4.51. The minimum Gasteiger partial charge on any atom is -0.382 e. The third-order valence-corrected chi connectivity index (χ3v) is 6.29. The zero-order valence-electron chi connectivity index (χ0n) is 18.0. The van der Waals surface area contributed by atoms with E-state index in [-0.39, 0.29) is 17.9 Å². The van der Waals surface area contributed by atoms with Gasteiger partial charge < -0.3 is 10.6 Å². The number of urea groups is 1. The number of amides is 2. The van der Waals surface area contributed by atoms with Gasteiger partial charge in [0.15, 0.2) is 5.82 Å². The number of rotatable bonds is 3. The average Bonchev–Trinajstić information content (AvgIpc) is 2.95. The van der Waals surface area contributed by atoms with E-state index in [1.165, 1.54) is 12.3 Å². The number of carbonyl (C=O) groups excluding carboxylic acids is 1. The van der Waals surface area contributed by atoms with Crippen molar-refractivity contribution in [1.82, 2.24) is 9.97 Å². The number of alkyl halides is 1. The fourth-order valence-electron chi connectivity index (χ4n) is 4.55. The highest BCUT2D eigenvalue weighted by Gasteiger charge is 2.35. The Hall–Kier alpha value is -2.77. The van der Waals surface area contributed by atoms with E-state index < -0.39 is 11.5 Å². The summed E-state index contributed by atoms with van der Waals surface area (Å²) in [6, 6.07) is 4.79. The highest BCUT2D eigenvalue weighted by Crippen LogP contribution is 2.42. The number of anilines is 3. The van der Waals surface area contributed by atoms with Crippen molar-refractivity contribution in [2.24, 2.45) is 5.92 Å². The van der Waals surface area contributed by atoms with Gasteiger partial charge in [0.05, 0.1) is 23.8 Å². The first-order valence-corrected chi connectivity index (χ1v) is 10.9. The summed E-state index contributed by atoms with van der Waals surface area (Å²) in [5.74, 6) is 0.210. The lowest BCUT2D eigenvalue weighted by atomic mass is 9.74. The number of pyridine rings is 2. The molecule has 2 N–H and O–H groups in total. The molecule has 2 atom stereocenters. The lowest BCUT2D eigenvalue weighted by molar-refractivity contribution is 0.0865. The Kier molecular flexibility index (Phi) is 6.07. The first kappa shape index (κ1) is 21.5. The van der Waals surface area contributed by atoms with Crippen molar-refractivity contribution in [3.63, 3.8) is 0 Å². The molecule has 2 aliphatic rings. The Morgan fingerprint density at radius 1 is 1.26 bits per heavy atom. The van der Waals surface area contributed by atoms with Crippen LogP contribution in [0.15, 0.2) is 30.6 Å². The van der Waals surface area contributed by atoms with Crippen LogP contribution in [0.1, 0.15) is 57.6 Å². The van der Waals surface area contributed by atoms with Crippen molar-refractivity contribution >= 4 is 23.2 Å². The molecule has 2 aromatic heterocycles. The molecule has 0 spiro atoms. The highest BCUT2D eigenvalue weighted by atomic mass is 19.1. The van der Waals surface area contributed by atoms with Gasteiger partial charge in [-0.25, -0.2) is 18.6 Å². The van der Waals surface area contributed by atoms with Gasteiger partial charge in [-0.05, 0) is 57.6 Å². The Balaban J connectivity index is 1.59. The van der Waals surface area contributed by atoms with Gasteiger partial charge in [0.1, 0.15) is 11.5 Å². The maximum absolute atomic E-state index is 14.6. The summed E-state index contributed by atoms with van der Waals surface area (Å²) in [4.78, 5) is 23.2. The number of nitrogens with one attached hydrogen (secondary N) is 2. The summed E-state index contributed by atoms with van der Waals surface area (Å²) in [5.41, 5.74) is 0.755. The number of aromatic nitrogens is 2. The molecule has 1 fully saturated rings. The molecule has 1 saturated carbocycles. The van der Waals surface area contributed by atoms with Crippen LogP contribution in [0.25, 0.3) is 0 Å². The van der Waals surface area contributed by atoms with Crippen LogP contribution in [-0.2, 0) is 0 Å². The monoisotopic (exact) mass is 429 g/mol. The number of hydrogen-bond acceptors (Lipinski definition) is 4. The van der Waals surface area contributed by atoms with Crippen molar-refractivity contribution in [1.29, 1.82) is 0 Å². The van der Waals surface area contributed by atoms with Crippen LogP contribution in [0, 0.1) is 11.7 Å². The third kappa shape index (κ3) is 4.94. The second kappa shape index (κ2) is 8.77. The van der Waals surface area contributed by atoms with Gasteiger partial charge in [-0.15, -0.1) is 0 Å². The second-order valence-corrected chi connectivity index (χ2v) is 8.99. The molecule has 1 aliphatic heterocycles. The summed E-state index contributed by atoms with van der Waals surface area (Å²) in [7, 11) is 0. The van der Waals surface area contributed by atoms with E-state index in [1.807, 2.05) is 12.1 Å². The van der Waals surface area contributed by atoms with E-state index in [4.69, 9.17) is 4.98 Å². The molecule has 0 radical (unpaired) electrons. The van der Waals surface area contributed by atoms with E-state index in [9.17, 15) is 13.6 Å². The standard InChI is InChI=1S/C23H29F2N5O/c1-23(2,25)16-6-3-5-15(11-16)19-7-8-20-21(29-19)30(10-4-9-27-20)22(31)28-18-12-17(24)13-26-14-18/h7-8,12-16,27H,3-6,9-11H2,1-2H3,(H,28,31). The molecule has 2 aromatic rings. The van der Waals surface area contributed by atoms with Gasteiger partial charge in [-0.3, -0.25) is 9.88 Å². The molecular weight excluding hydrogens is 400 g/mol. The molecule has 6 nitrogen and oxygen atoms in total. The maximum Gasteiger partial charge on any atom is 0.327 e. The zero-order valence-corrected chi connectivity index (χ0v) is 18.0. The molecule has 0 bridgehead atoms. The van der Waals surface area contributed by atoms with Crippen LogP contribution >= 0.6 is 0 Å². The molecule has 1 aliphatic carbocycles. The van der Waals surface area contributed by atoms with E-state index in [0.29, 0.717) is 18.1 Å². The van der Waals surface area contributed by atoms with E-state index >= 15 is 0 Å². The van der Waals surface area contributed by atoms with Crippen molar-refractivity contribution in [3.8, 4) is 0 Å². The van der Waals surface area contributed by atoms with E-state index in [1.54, 1.807) is 18.7 Å². The van der Waals surface area contributed by atoms with Crippen LogP contribution in [0.5, 0.6) is 0 Å². The molecular formula is C23H29F2N5O. The third-order valence-electron chi connectivity index (χ3n) is 6.29. The first-order chi connectivity index (χ1) is 14.8. The number of fused-ring (bicyclic) bond motifs is 1. The Bertz CT molecular complexity index is 946. The Labute approximate surface area is 181 Å². The largest absolute Gasteiger partial charge is 0.382 e. The minimum atomic E-state index is -1.21. The Morgan fingerprint density at radius 3 is 2.87 bits per heavy atom. The summed E-state index contributed by atoms with van der Waals surface area (Å²) in [5, 5.41) is 6.04. The first-order valence-electron chi connectivity index (χ1n) is 10.9. The predicted octanol–water partition coefficient (Wildman–Crippen LogP) is 5.49. The SMILES string of the molecule is CC(C)(F)C1CCCC(c2ccc3c(n2)N(C(=O)Nc2cncc(F)c2)CCCN3)C1. The van der Waals surface area contributed by atoms with Crippen molar-refractivity contribution < 1.29 is 13.6 Å². The predicted molar refractivity (Wildman–Crippen MR) is 118 cm³/mol. The molecule has 2 unspecified atom stereocenters. The van der Waals surface area contributed by atoms with Crippen LogP contribution in [0.4, 0.5) is 30.8 Å². The zero-order chi connectivity index (χ0) is 22.0. The molecule has 3 heterocycles. The van der Waals surface area contributed by atoms with Gasteiger partial charge >= 0.3 is 6.03 Å². The van der Waals surface area contributed by atoms with E-state index in [0.717, 1.165) is 56.2 Å². The topological polar surface area (TPSA) is 70.2 Å². The van der Waals surface area contributed by atoms with Crippen LogP contribution < -0.4 is 15.5 Å².